The molecule has 0 aliphatic heterocycles. The first kappa shape index (κ1) is 28.9. The third-order valence-electron chi connectivity index (χ3n) is 7.29. The van der Waals surface area contributed by atoms with E-state index in [1.807, 2.05) is 5.32 Å². The molecule has 0 radical (unpaired) electrons. The van der Waals surface area contributed by atoms with Crippen LogP contribution in [0, 0.1) is 11.8 Å². The average molecular weight is 549 g/mol. The van der Waals surface area contributed by atoms with E-state index in [0.29, 0.717) is 0 Å². The zero-order valence-electron chi connectivity index (χ0n) is 19.7. The van der Waals surface area contributed by atoms with Gasteiger partial charge in [-0.1, -0.05) is 11.6 Å². The Kier molecular flexibility index (Phi) is 7.66. The van der Waals surface area contributed by atoms with Gasteiger partial charge in [-0.15, -0.1) is 0 Å². The van der Waals surface area contributed by atoms with Crippen molar-refractivity contribution in [2.75, 3.05) is 20.8 Å². The summed E-state index contributed by atoms with van der Waals surface area (Å²) in [5.41, 5.74) is -6.49. The number of phenols is 1. The fraction of sp³-hybridized carbons (Fsp3) is 0.435. The summed E-state index contributed by atoms with van der Waals surface area (Å²) in [6.45, 7) is 0.454. The molecule has 0 spiro atoms. The van der Waals surface area contributed by atoms with Crippen LogP contribution in [0.4, 0.5) is 0 Å². The number of aliphatic hydroxyl groups excluding tert-OH is 3. The van der Waals surface area contributed by atoms with Gasteiger partial charge in [0.15, 0.2) is 11.4 Å². The van der Waals surface area contributed by atoms with E-state index in [9.17, 15) is 39.9 Å². The summed E-state index contributed by atoms with van der Waals surface area (Å²) < 4.78 is 0. The van der Waals surface area contributed by atoms with Gasteiger partial charge in [-0.3, -0.25) is 19.3 Å². The summed E-state index contributed by atoms with van der Waals surface area (Å²) in [5, 5.41) is 66.7. The van der Waals surface area contributed by atoms with E-state index in [-0.39, 0.29) is 60.3 Å². The first-order valence-corrected chi connectivity index (χ1v) is 11.1. The van der Waals surface area contributed by atoms with Crippen molar-refractivity contribution in [1.82, 2.24) is 10.2 Å². The van der Waals surface area contributed by atoms with Crippen molar-refractivity contribution in [3.05, 3.63) is 45.2 Å². The molecule has 1 saturated carbocycles. The molecule has 4 rings (SSSR count). The standard InChI is InChI=1S/C23H25ClN2O9.Ca/c1-22(34)8-6-9-16(26(2)3)18(30)14(21(33)25-7-27)20(32)23(9,35)19(31)12(8)17(29)13-11(28)5-4-10(24)15(13)22;/h4-5,8-9,16,27-29,32,34-35H,6-7H2,1-3H3,(H,25,33);/q;+2/t8-,9-,16-,22-,23-;/m0./s1. The number of aromatic hydroxyl groups is 1. The van der Waals surface area contributed by atoms with Gasteiger partial charge in [-0.2, -0.15) is 0 Å². The maximum Gasteiger partial charge on any atom is 2.00 e. The quantitative estimate of drug-likeness (QED) is 0.147. The minimum Gasteiger partial charge on any atom is -0.508 e. The molecule has 0 heterocycles. The van der Waals surface area contributed by atoms with E-state index in [1.165, 1.54) is 32.0 Å². The van der Waals surface area contributed by atoms with Crippen LogP contribution in [-0.2, 0) is 20.0 Å². The van der Waals surface area contributed by atoms with Gasteiger partial charge in [0.1, 0.15) is 29.6 Å². The number of halogens is 1. The van der Waals surface area contributed by atoms with Crippen LogP contribution >= 0.6 is 11.6 Å². The molecule has 1 aromatic carbocycles. The number of carbonyl (C=O) groups excluding carboxylic acids is 3. The number of likely N-dealkylation sites (N-methyl/N-ethyl adjacent to an activating group) is 1. The second-order valence-electron chi connectivity index (χ2n) is 9.38. The molecular formula is C23H25CaClN2O9+2. The molecular weight excluding hydrogens is 524 g/mol. The maximum absolute atomic E-state index is 13.8. The van der Waals surface area contributed by atoms with Crippen molar-refractivity contribution >= 4 is 72.6 Å². The fourth-order valence-corrected chi connectivity index (χ4v) is 6.07. The van der Waals surface area contributed by atoms with E-state index < -0.39 is 81.7 Å². The Bertz CT molecular complexity index is 1240. The summed E-state index contributed by atoms with van der Waals surface area (Å²) in [6, 6.07) is 1.19. The van der Waals surface area contributed by atoms with Crippen molar-refractivity contribution in [1.29, 1.82) is 0 Å². The monoisotopic (exact) mass is 548 g/mol. The van der Waals surface area contributed by atoms with Gasteiger partial charge in [0.05, 0.1) is 17.2 Å². The molecule has 5 atom stereocenters. The summed E-state index contributed by atoms with van der Waals surface area (Å²) >= 11 is 6.29. The molecule has 11 nitrogen and oxygen atoms in total. The van der Waals surface area contributed by atoms with Gasteiger partial charge in [0.2, 0.25) is 5.78 Å². The minimum absolute atomic E-state index is 0. The minimum atomic E-state index is -2.83. The summed E-state index contributed by atoms with van der Waals surface area (Å²) in [4.78, 5) is 41.0. The second-order valence-corrected chi connectivity index (χ2v) is 9.78. The Labute approximate surface area is 240 Å². The molecule has 188 valence electrons. The number of ketones is 2. The second kappa shape index (κ2) is 9.55. The van der Waals surface area contributed by atoms with Crippen LogP contribution in [0.15, 0.2) is 29.0 Å². The molecule has 0 saturated heterocycles. The predicted octanol–water partition coefficient (Wildman–Crippen LogP) is -0.518. The average Bonchev–Trinajstić information content (AvgIpc) is 2.76. The number of benzene rings is 1. The molecule has 3 aliphatic carbocycles. The molecule has 36 heavy (non-hydrogen) atoms. The van der Waals surface area contributed by atoms with Gasteiger partial charge < -0.3 is 36.0 Å². The first-order valence-electron chi connectivity index (χ1n) is 10.7. The molecule has 1 fully saturated rings. The van der Waals surface area contributed by atoms with Gasteiger partial charge in [0.25, 0.3) is 5.91 Å². The zero-order chi connectivity index (χ0) is 26.2. The number of fused-ring (bicyclic) bond motifs is 3. The number of nitrogens with zero attached hydrogens (tertiary/aromatic N) is 1. The Morgan fingerprint density at radius 3 is 2.36 bits per heavy atom. The van der Waals surface area contributed by atoms with Crippen LogP contribution in [0.3, 0.4) is 0 Å². The van der Waals surface area contributed by atoms with Crippen LogP contribution < -0.4 is 5.32 Å². The molecule has 3 aliphatic rings. The number of hydrogen-bond acceptors (Lipinski definition) is 10. The van der Waals surface area contributed by atoms with Gasteiger partial charge in [-0.25, -0.2) is 0 Å². The number of rotatable bonds is 3. The van der Waals surface area contributed by atoms with E-state index >= 15 is 0 Å². The Morgan fingerprint density at radius 2 is 1.81 bits per heavy atom. The van der Waals surface area contributed by atoms with E-state index in [4.69, 9.17) is 16.7 Å². The molecule has 13 heteroatoms. The van der Waals surface area contributed by atoms with E-state index in [0.717, 1.165) is 6.07 Å². The van der Waals surface area contributed by atoms with Gasteiger partial charge in [0, 0.05) is 28.0 Å². The van der Waals surface area contributed by atoms with Crippen LogP contribution in [0.5, 0.6) is 5.75 Å². The molecule has 1 amide bonds. The van der Waals surface area contributed by atoms with Crippen molar-refractivity contribution < 1.29 is 45.0 Å². The molecule has 0 aromatic heterocycles. The van der Waals surface area contributed by atoms with Crippen LogP contribution in [0.1, 0.15) is 24.5 Å². The van der Waals surface area contributed by atoms with Gasteiger partial charge in [-0.05, 0) is 39.6 Å². The third kappa shape index (κ3) is 3.71. The molecule has 0 unspecified atom stereocenters. The molecule has 0 bridgehead atoms. The van der Waals surface area contributed by atoms with Gasteiger partial charge >= 0.3 is 37.7 Å². The van der Waals surface area contributed by atoms with Crippen molar-refractivity contribution in [2.24, 2.45) is 11.8 Å². The number of hydrogen-bond donors (Lipinski definition) is 7. The van der Waals surface area contributed by atoms with Crippen molar-refractivity contribution in [3.8, 4) is 5.75 Å². The van der Waals surface area contributed by atoms with Crippen molar-refractivity contribution in [2.45, 2.75) is 30.6 Å². The SMILES string of the molecule is CN(C)[C@@H]1C(=O)C(C(=O)NCO)=C(O)[C@@]2(O)C(=O)C3=C(O)c4c(O)ccc(Cl)c4[C@@](C)(O)[C@H]3C[C@@H]12.[Ca+2]. The predicted molar refractivity (Wildman–Crippen MR) is 127 cm³/mol. The smallest absolute Gasteiger partial charge is 0.508 e. The third-order valence-corrected chi connectivity index (χ3v) is 7.61. The number of aliphatic hydroxyl groups is 5. The Morgan fingerprint density at radius 1 is 1.19 bits per heavy atom. The van der Waals surface area contributed by atoms with Crippen LogP contribution in [0.25, 0.3) is 5.76 Å². The Hall–Kier alpha value is -1.70. The topological polar surface area (TPSA) is 188 Å². The Balaban J connectivity index is 0.00000361. The van der Waals surface area contributed by atoms with Crippen LogP contribution in [0.2, 0.25) is 5.02 Å². The number of amides is 1. The fourth-order valence-electron chi connectivity index (χ4n) is 5.72. The normalized spacial score (nSPS) is 31.5. The number of carbonyl (C=O) groups is 3. The summed E-state index contributed by atoms with van der Waals surface area (Å²) in [7, 11) is 2.95. The molecule has 1 aromatic rings. The summed E-state index contributed by atoms with van der Waals surface area (Å²) in [6.07, 6.45) is -0.284. The number of nitrogens with one attached hydrogen (secondary N) is 1. The first-order chi connectivity index (χ1) is 16.2. The molecule has 7 N–H and O–H groups in total. The van der Waals surface area contributed by atoms with E-state index in [2.05, 4.69) is 0 Å². The number of Topliss-reactive ketones (excluding diaryl/α,β-unsaturated/α-hetero) is 2. The zero-order valence-corrected chi connectivity index (χ0v) is 22.7. The van der Waals surface area contributed by atoms with E-state index in [1.54, 1.807) is 0 Å². The number of phenolic OH excluding ortho intramolecular Hbond substituents is 1. The maximum atomic E-state index is 13.8. The van der Waals surface area contributed by atoms with Crippen molar-refractivity contribution in [3.63, 3.8) is 0 Å². The summed E-state index contributed by atoms with van der Waals surface area (Å²) in [5.74, 6) is -8.33. The largest absolute Gasteiger partial charge is 2.00 e. The van der Waals surface area contributed by atoms with Crippen LogP contribution in [-0.4, -0.2) is 123 Å².